The molecular formula is C114H90N2O. The van der Waals surface area contributed by atoms with Gasteiger partial charge in [-0.3, -0.25) is 0 Å². The van der Waals surface area contributed by atoms with Crippen molar-refractivity contribution in [2.75, 3.05) is 9.80 Å². The fourth-order valence-electron chi connectivity index (χ4n) is 25.1. The van der Waals surface area contributed by atoms with Gasteiger partial charge in [-0.2, -0.15) is 0 Å². The Hall–Kier alpha value is -12.8. The minimum atomic E-state index is 0.201. The Morgan fingerprint density at radius 1 is 0.205 bits per heavy atom. The Bertz CT molecular complexity index is 6620. The van der Waals surface area contributed by atoms with E-state index < -0.39 is 0 Å². The molecule has 0 aliphatic heterocycles. The molecule has 10 aliphatic rings. The van der Waals surface area contributed by atoms with E-state index in [4.69, 9.17) is 4.42 Å². The van der Waals surface area contributed by atoms with Crippen molar-refractivity contribution in [2.24, 2.45) is 47.3 Å². The molecule has 8 saturated carbocycles. The zero-order valence-corrected chi connectivity index (χ0v) is 65.8. The van der Waals surface area contributed by atoms with Crippen LogP contribution in [0.25, 0.3) is 122 Å². The van der Waals surface area contributed by atoms with Gasteiger partial charge in [0.25, 0.3) is 0 Å². The van der Waals surface area contributed by atoms with Crippen LogP contribution in [0.4, 0.5) is 34.1 Å². The van der Waals surface area contributed by atoms with Gasteiger partial charge in [0.05, 0.1) is 5.69 Å². The van der Waals surface area contributed by atoms with Gasteiger partial charge in [-0.1, -0.05) is 291 Å². The van der Waals surface area contributed by atoms with Gasteiger partial charge in [-0.25, -0.2) is 0 Å². The molecule has 0 N–H and O–H groups in total. The number of nitrogens with zero attached hydrogens (tertiary/aromatic N) is 2. The highest BCUT2D eigenvalue weighted by Gasteiger charge is 2.63. The lowest BCUT2D eigenvalue weighted by Crippen LogP contribution is -2.55. The summed E-state index contributed by atoms with van der Waals surface area (Å²) in [4.78, 5) is 4.81. The molecule has 0 saturated heterocycles. The maximum Gasteiger partial charge on any atom is 0.143 e. The van der Waals surface area contributed by atoms with Crippen molar-refractivity contribution in [3.8, 4) is 89.0 Å². The second-order valence-corrected chi connectivity index (χ2v) is 35.4. The Labute approximate surface area is 686 Å². The average Bonchev–Trinajstić information content (AvgIpc) is 1.54. The minimum Gasteiger partial charge on any atom is -0.455 e. The zero-order chi connectivity index (χ0) is 76.9. The predicted octanol–water partition coefficient (Wildman–Crippen LogP) is 30.8. The number of furan rings is 1. The van der Waals surface area contributed by atoms with Gasteiger partial charge in [0.1, 0.15) is 11.2 Å². The third kappa shape index (κ3) is 11.0. The standard InChI is InChI=1S/C58H45NO.C56H45N/c1-2-9-39(10-3-1)40-17-24-46(25-18-40)59(48-28-21-42(22-29-48)49-13-8-14-52-51-12-5-7-16-56(51)60-57(49)52)47-26-19-41(20-27-47)43-23-30-55-53(36-43)50-11-4-6-15-54(50)58(55)44-32-37-31-38(34-44)35-45(58)33-37;1-3-11-39(12-4-1)40-19-24-46(25-20-40)57(55-30-28-48(42-13-5-2-6-14-42)49-15-7-8-17-51(49)55)47-26-21-41(22-27-47)43-23-29-54-52(36-43)50-16-9-10-18-53(50)56(54)44-32-37-31-38(34-44)35-45(56)33-37/h1-30,36-38,44-45H,31-35H2;1-30,36-38,44-45H,31-35H2. The van der Waals surface area contributed by atoms with Crippen LogP contribution in [0.2, 0.25) is 0 Å². The van der Waals surface area contributed by atoms with E-state index in [9.17, 15) is 0 Å². The molecule has 16 aromatic carbocycles. The zero-order valence-electron chi connectivity index (χ0n) is 65.8. The number of rotatable bonds is 12. The van der Waals surface area contributed by atoms with Crippen LogP contribution in [-0.2, 0) is 10.8 Å². The smallest absolute Gasteiger partial charge is 0.143 e. The maximum atomic E-state index is 6.43. The van der Waals surface area contributed by atoms with Crippen LogP contribution < -0.4 is 9.80 Å². The second-order valence-electron chi connectivity index (χ2n) is 35.4. The Balaban J connectivity index is 0.000000134. The first-order valence-corrected chi connectivity index (χ1v) is 43.1. The highest BCUT2D eigenvalue weighted by molar-refractivity contribution is 6.10. The first kappa shape index (κ1) is 68.6. The number of para-hydroxylation sites is 2. The molecule has 3 nitrogen and oxygen atoms in total. The number of hydrogen-bond donors (Lipinski definition) is 0. The van der Waals surface area contributed by atoms with E-state index in [-0.39, 0.29) is 10.8 Å². The normalized spacial score (nSPS) is 22.3. The molecule has 0 radical (unpaired) electrons. The molecule has 117 heavy (non-hydrogen) atoms. The molecule has 562 valence electrons. The van der Waals surface area contributed by atoms with Crippen LogP contribution >= 0.6 is 0 Å². The predicted molar refractivity (Wildman–Crippen MR) is 486 cm³/mol. The van der Waals surface area contributed by atoms with Crippen molar-refractivity contribution < 1.29 is 4.42 Å². The van der Waals surface area contributed by atoms with Crippen LogP contribution in [0.3, 0.4) is 0 Å². The van der Waals surface area contributed by atoms with Gasteiger partial charge in [-0.15, -0.1) is 0 Å². The topological polar surface area (TPSA) is 19.6 Å². The molecular weight excluding hydrogens is 1410 g/mol. The molecule has 0 unspecified atom stereocenters. The average molecular weight is 1500 g/mol. The Kier molecular flexibility index (Phi) is 16.1. The van der Waals surface area contributed by atoms with Crippen molar-refractivity contribution in [3.63, 3.8) is 0 Å². The summed E-state index contributed by atoms with van der Waals surface area (Å²) in [6.45, 7) is 0. The highest BCUT2D eigenvalue weighted by Crippen LogP contribution is 2.71. The fourth-order valence-corrected chi connectivity index (χ4v) is 25.1. The number of hydrogen-bond acceptors (Lipinski definition) is 3. The molecule has 10 aliphatic carbocycles. The molecule has 1 heterocycles. The lowest BCUT2D eigenvalue weighted by Gasteiger charge is -2.61. The van der Waals surface area contributed by atoms with Gasteiger partial charge in [0, 0.05) is 61.0 Å². The van der Waals surface area contributed by atoms with Crippen LogP contribution in [0, 0.1) is 47.3 Å². The molecule has 3 heteroatoms. The lowest BCUT2D eigenvalue weighted by molar-refractivity contribution is -0.0399. The van der Waals surface area contributed by atoms with Gasteiger partial charge in [0.2, 0.25) is 0 Å². The third-order valence-corrected chi connectivity index (χ3v) is 29.6. The van der Waals surface area contributed by atoms with Crippen LogP contribution in [-0.4, -0.2) is 0 Å². The lowest BCUT2D eigenvalue weighted by atomic mass is 9.43. The molecule has 2 spiro atoms. The van der Waals surface area contributed by atoms with Crippen molar-refractivity contribution in [1.82, 2.24) is 0 Å². The van der Waals surface area contributed by atoms with Crippen LogP contribution in [0.15, 0.2) is 381 Å². The van der Waals surface area contributed by atoms with E-state index in [1.165, 1.54) is 159 Å². The molecule has 8 fully saturated rings. The summed E-state index contributed by atoms with van der Waals surface area (Å²) in [5.74, 6) is 6.93. The largest absolute Gasteiger partial charge is 0.455 e. The quantitative estimate of drug-likeness (QED) is 0.122. The van der Waals surface area contributed by atoms with Gasteiger partial charge < -0.3 is 14.2 Å². The summed E-state index contributed by atoms with van der Waals surface area (Å²) >= 11 is 0. The second kappa shape index (κ2) is 27.4. The number of fused-ring (bicyclic) bond motifs is 10. The van der Waals surface area contributed by atoms with E-state index in [1.54, 1.807) is 22.3 Å². The molecule has 0 atom stereocenters. The molecule has 8 bridgehead atoms. The SMILES string of the molecule is c1ccc(-c2ccc(N(c3ccc(-c4ccc5c(c4)-c4ccccc4C54C5CC6CC(C5)CC4C6)cc3)c3ccc(-c4cccc5c4oc4ccccc45)cc3)cc2)cc1.c1ccc(-c2ccc(N(c3ccc(-c4ccc5c(c4)-c4ccccc4C54C5CC6CC(C5)CC4C6)cc3)c3ccc(-c4ccccc4)c4ccccc34)cc2)cc1. The van der Waals surface area contributed by atoms with Gasteiger partial charge in [0.15, 0.2) is 0 Å². The van der Waals surface area contributed by atoms with Crippen molar-refractivity contribution in [1.29, 1.82) is 0 Å². The Morgan fingerprint density at radius 3 is 0.991 bits per heavy atom. The summed E-state index contributed by atoms with van der Waals surface area (Å²) in [5, 5.41) is 4.77. The van der Waals surface area contributed by atoms with E-state index >= 15 is 0 Å². The van der Waals surface area contributed by atoms with E-state index in [0.717, 1.165) is 109 Å². The highest BCUT2D eigenvalue weighted by atomic mass is 16.3. The molecule has 0 amide bonds. The fraction of sp³-hybridized carbons (Fsp3) is 0.175. The van der Waals surface area contributed by atoms with E-state index in [0.29, 0.717) is 0 Å². The van der Waals surface area contributed by atoms with E-state index in [2.05, 4.69) is 380 Å². The van der Waals surface area contributed by atoms with Crippen LogP contribution in [0.5, 0.6) is 0 Å². The Morgan fingerprint density at radius 2 is 0.530 bits per heavy atom. The van der Waals surface area contributed by atoms with Crippen LogP contribution in [0.1, 0.15) is 86.5 Å². The third-order valence-electron chi connectivity index (χ3n) is 29.6. The van der Waals surface area contributed by atoms with E-state index in [1.807, 2.05) is 6.07 Å². The number of anilines is 6. The maximum absolute atomic E-state index is 6.43. The monoisotopic (exact) mass is 1500 g/mol. The van der Waals surface area contributed by atoms with Crippen molar-refractivity contribution in [2.45, 2.75) is 75.0 Å². The van der Waals surface area contributed by atoms with Crippen molar-refractivity contribution in [3.05, 3.63) is 398 Å². The van der Waals surface area contributed by atoms with Crippen molar-refractivity contribution >= 4 is 66.8 Å². The number of benzene rings is 16. The summed E-state index contributed by atoms with van der Waals surface area (Å²) < 4.78 is 6.43. The molecule has 27 rings (SSSR count). The first-order chi connectivity index (χ1) is 57.9. The summed E-state index contributed by atoms with van der Waals surface area (Å²) in [6, 6.07) is 140. The first-order valence-electron chi connectivity index (χ1n) is 43.1. The minimum absolute atomic E-state index is 0.201. The van der Waals surface area contributed by atoms with Gasteiger partial charge in [-0.05, 0) is 308 Å². The molecule has 17 aromatic rings. The summed E-state index contributed by atoms with van der Waals surface area (Å²) in [7, 11) is 0. The summed E-state index contributed by atoms with van der Waals surface area (Å²) in [5.41, 5.74) is 36.1. The summed E-state index contributed by atoms with van der Waals surface area (Å²) in [6.07, 6.45) is 14.3. The van der Waals surface area contributed by atoms with Gasteiger partial charge >= 0.3 is 0 Å². The molecule has 1 aromatic heterocycles.